The second-order valence-electron chi connectivity index (χ2n) is 6.78. The molecular weight excluding hydrogens is 252 g/mol. The average Bonchev–Trinajstić information content (AvgIpc) is 2.67. The summed E-state index contributed by atoms with van der Waals surface area (Å²) in [5.41, 5.74) is 1.94. The van der Waals surface area contributed by atoms with E-state index in [9.17, 15) is 9.59 Å². The zero-order valence-corrected chi connectivity index (χ0v) is 12.8. The largest absolute Gasteiger partial charge is 0.354 e. The van der Waals surface area contributed by atoms with Gasteiger partial charge >= 0.3 is 0 Å². The van der Waals surface area contributed by atoms with Gasteiger partial charge in [-0.15, -0.1) is 0 Å². The van der Waals surface area contributed by atoms with Crippen molar-refractivity contribution in [3.05, 3.63) is 23.5 Å². The smallest absolute Gasteiger partial charge is 0.221 e. The highest BCUT2D eigenvalue weighted by Gasteiger charge is 2.32. The molecule has 1 aliphatic rings. The number of Topliss-reactive ketones (excluding diaryl/α,β-unsaturated/α-hetero) is 1. The number of aryl methyl sites for hydroxylation is 1. The van der Waals surface area contributed by atoms with Crippen LogP contribution in [0.25, 0.3) is 0 Å². The van der Waals surface area contributed by atoms with Gasteiger partial charge in [-0.2, -0.15) is 0 Å². The first-order chi connectivity index (χ1) is 9.28. The van der Waals surface area contributed by atoms with E-state index in [2.05, 4.69) is 23.7 Å². The van der Waals surface area contributed by atoms with E-state index in [-0.39, 0.29) is 23.1 Å². The molecule has 0 atom stereocenters. The van der Waals surface area contributed by atoms with Crippen molar-refractivity contribution in [1.82, 2.24) is 9.88 Å². The van der Waals surface area contributed by atoms with Gasteiger partial charge in [-0.1, -0.05) is 13.8 Å². The maximum atomic E-state index is 12.1. The predicted molar refractivity (Wildman–Crippen MR) is 78.8 cm³/mol. The van der Waals surface area contributed by atoms with Gasteiger partial charge in [-0.3, -0.25) is 9.59 Å². The SMILES string of the molecule is CC(C)NC(=O)CCn1ccc2c1CC(C)(C)CC2=O. The van der Waals surface area contributed by atoms with Crippen LogP contribution in [0.2, 0.25) is 0 Å². The van der Waals surface area contributed by atoms with Gasteiger partial charge in [0, 0.05) is 42.9 Å². The molecule has 4 heteroatoms. The van der Waals surface area contributed by atoms with Crippen LogP contribution >= 0.6 is 0 Å². The molecule has 1 N–H and O–H groups in total. The van der Waals surface area contributed by atoms with Crippen LogP contribution in [0.3, 0.4) is 0 Å². The van der Waals surface area contributed by atoms with Crippen LogP contribution in [0.15, 0.2) is 12.3 Å². The van der Waals surface area contributed by atoms with Crippen LogP contribution in [0, 0.1) is 5.41 Å². The van der Waals surface area contributed by atoms with Gasteiger partial charge in [-0.05, 0) is 31.7 Å². The van der Waals surface area contributed by atoms with Gasteiger partial charge in [0.05, 0.1) is 0 Å². The van der Waals surface area contributed by atoms with Crippen molar-refractivity contribution in [2.24, 2.45) is 5.41 Å². The Hall–Kier alpha value is -1.58. The zero-order valence-electron chi connectivity index (χ0n) is 12.8. The monoisotopic (exact) mass is 276 g/mol. The molecule has 0 saturated heterocycles. The molecule has 2 rings (SSSR count). The molecule has 1 aromatic heterocycles. The van der Waals surface area contributed by atoms with Gasteiger partial charge in [0.25, 0.3) is 0 Å². The Kier molecular flexibility index (Phi) is 4.02. The third-order valence-electron chi connectivity index (χ3n) is 3.69. The highest BCUT2D eigenvalue weighted by Crippen LogP contribution is 2.35. The molecular formula is C16H24N2O2. The van der Waals surface area contributed by atoms with Crippen molar-refractivity contribution >= 4 is 11.7 Å². The first-order valence-electron chi connectivity index (χ1n) is 7.29. The number of carbonyl (C=O) groups is 2. The van der Waals surface area contributed by atoms with Crippen molar-refractivity contribution in [1.29, 1.82) is 0 Å². The van der Waals surface area contributed by atoms with Crippen LogP contribution < -0.4 is 5.32 Å². The van der Waals surface area contributed by atoms with E-state index in [1.165, 1.54) is 0 Å². The van der Waals surface area contributed by atoms with E-state index in [1.807, 2.05) is 26.1 Å². The molecule has 0 aromatic carbocycles. The molecule has 1 heterocycles. The predicted octanol–water partition coefficient (Wildman–Crippen LogP) is 2.56. The number of hydrogen-bond acceptors (Lipinski definition) is 2. The number of aromatic nitrogens is 1. The van der Waals surface area contributed by atoms with Crippen molar-refractivity contribution in [3.8, 4) is 0 Å². The topological polar surface area (TPSA) is 51.1 Å². The summed E-state index contributed by atoms with van der Waals surface area (Å²) in [6, 6.07) is 2.06. The van der Waals surface area contributed by atoms with Crippen LogP contribution in [0.5, 0.6) is 0 Å². The molecule has 1 aliphatic carbocycles. The van der Waals surface area contributed by atoms with Gasteiger partial charge in [0.1, 0.15) is 0 Å². The maximum absolute atomic E-state index is 12.1. The summed E-state index contributed by atoms with van der Waals surface area (Å²) in [5, 5.41) is 2.89. The van der Waals surface area contributed by atoms with Crippen LogP contribution in [-0.4, -0.2) is 22.3 Å². The molecule has 1 amide bonds. The zero-order chi connectivity index (χ0) is 14.9. The second kappa shape index (κ2) is 5.43. The maximum Gasteiger partial charge on any atom is 0.221 e. The summed E-state index contributed by atoms with van der Waals surface area (Å²) in [5.74, 6) is 0.283. The number of hydrogen-bond donors (Lipinski definition) is 1. The quantitative estimate of drug-likeness (QED) is 0.919. The number of rotatable bonds is 4. The molecule has 20 heavy (non-hydrogen) atoms. The molecule has 0 spiro atoms. The van der Waals surface area contributed by atoms with Crippen molar-refractivity contribution in [3.63, 3.8) is 0 Å². The van der Waals surface area contributed by atoms with Gasteiger partial charge in [-0.25, -0.2) is 0 Å². The minimum atomic E-state index is 0.0143. The Bertz CT molecular complexity index is 527. The fraction of sp³-hybridized carbons (Fsp3) is 0.625. The lowest BCUT2D eigenvalue weighted by Gasteiger charge is -2.29. The van der Waals surface area contributed by atoms with E-state index >= 15 is 0 Å². The molecule has 4 nitrogen and oxygen atoms in total. The summed E-state index contributed by atoms with van der Waals surface area (Å²) in [4.78, 5) is 23.8. The number of amides is 1. The fourth-order valence-electron chi connectivity index (χ4n) is 2.83. The molecule has 0 fully saturated rings. The third-order valence-corrected chi connectivity index (χ3v) is 3.69. The van der Waals surface area contributed by atoms with E-state index < -0.39 is 0 Å². The number of fused-ring (bicyclic) bond motifs is 1. The van der Waals surface area contributed by atoms with Gasteiger partial charge in [0.15, 0.2) is 5.78 Å². The summed E-state index contributed by atoms with van der Waals surface area (Å²) in [6.07, 6.45) is 3.89. The highest BCUT2D eigenvalue weighted by atomic mass is 16.1. The molecule has 0 aliphatic heterocycles. The number of nitrogens with zero attached hydrogens (tertiary/aromatic N) is 1. The molecule has 0 bridgehead atoms. The Morgan fingerprint density at radius 3 is 2.75 bits per heavy atom. The number of carbonyl (C=O) groups excluding carboxylic acids is 2. The Balaban J connectivity index is 2.08. The van der Waals surface area contributed by atoms with Gasteiger partial charge in [0.2, 0.25) is 5.91 Å². The van der Waals surface area contributed by atoms with E-state index in [1.54, 1.807) is 0 Å². The molecule has 1 aromatic rings. The van der Waals surface area contributed by atoms with Crippen LogP contribution in [-0.2, 0) is 17.8 Å². The first-order valence-corrected chi connectivity index (χ1v) is 7.29. The Morgan fingerprint density at radius 2 is 2.10 bits per heavy atom. The second-order valence-corrected chi connectivity index (χ2v) is 6.78. The average molecular weight is 276 g/mol. The Morgan fingerprint density at radius 1 is 1.40 bits per heavy atom. The van der Waals surface area contributed by atoms with E-state index in [0.29, 0.717) is 19.4 Å². The van der Waals surface area contributed by atoms with Crippen LogP contribution in [0.4, 0.5) is 0 Å². The Labute approximate surface area is 120 Å². The third kappa shape index (κ3) is 3.30. The van der Waals surface area contributed by atoms with Crippen molar-refractivity contribution in [2.45, 2.75) is 59.5 Å². The highest BCUT2D eigenvalue weighted by molar-refractivity contribution is 5.98. The van der Waals surface area contributed by atoms with E-state index in [4.69, 9.17) is 0 Å². The lowest BCUT2D eigenvalue weighted by Crippen LogP contribution is -2.31. The van der Waals surface area contributed by atoms with Crippen molar-refractivity contribution in [2.75, 3.05) is 0 Å². The standard InChI is InChI=1S/C16H24N2O2/c1-11(2)17-15(20)6-8-18-7-5-12-13(18)9-16(3,4)10-14(12)19/h5,7,11H,6,8-10H2,1-4H3,(H,17,20). The van der Waals surface area contributed by atoms with Crippen molar-refractivity contribution < 1.29 is 9.59 Å². The lowest BCUT2D eigenvalue weighted by molar-refractivity contribution is -0.121. The number of ketones is 1. The van der Waals surface area contributed by atoms with E-state index in [0.717, 1.165) is 17.7 Å². The normalized spacial score (nSPS) is 17.1. The minimum absolute atomic E-state index is 0.0143. The lowest BCUT2D eigenvalue weighted by atomic mass is 9.76. The minimum Gasteiger partial charge on any atom is -0.354 e. The summed E-state index contributed by atoms with van der Waals surface area (Å²) in [7, 11) is 0. The molecule has 110 valence electrons. The van der Waals surface area contributed by atoms with Crippen LogP contribution in [0.1, 0.15) is 56.6 Å². The summed E-state index contributed by atoms with van der Waals surface area (Å²) < 4.78 is 2.06. The molecule has 0 radical (unpaired) electrons. The fourth-order valence-corrected chi connectivity index (χ4v) is 2.83. The molecule has 0 unspecified atom stereocenters. The number of nitrogens with one attached hydrogen (secondary N) is 1. The molecule has 0 saturated carbocycles. The summed E-state index contributed by atoms with van der Waals surface area (Å²) in [6.45, 7) is 8.79. The van der Waals surface area contributed by atoms with Gasteiger partial charge < -0.3 is 9.88 Å². The first kappa shape index (κ1) is 14.8. The summed E-state index contributed by atoms with van der Waals surface area (Å²) >= 11 is 0.